The predicted octanol–water partition coefficient (Wildman–Crippen LogP) is 2.27. The molecule has 0 spiro atoms. The highest BCUT2D eigenvalue weighted by molar-refractivity contribution is 14.0. The van der Waals surface area contributed by atoms with Crippen molar-refractivity contribution in [2.24, 2.45) is 4.99 Å². The Bertz CT molecular complexity index is 696. The molecule has 1 heterocycles. The zero-order chi connectivity index (χ0) is 21.2. The number of ether oxygens (including phenoxy) is 1. The maximum absolute atomic E-state index is 12.3. The van der Waals surface area contributed by atoms with Gasteiger partial charge in [0.1, 0.15) is 5.75 Å². The number of rotatable bonds is 9. The van der Waals surface area contributed by atoms with Crippen molar-refractivity contribution >= 4 is 35.8 Å². The summed E-state index contributed by atoms with van der Waals surface area (Å²) in [4.78, 5) is 20.6. The van der Waals surface area contributed by atoms with Gasteiger partial charge >= 0.3 is 0 Å². The number of methoxy groups -OCH3 is 1. The molecule has 0 bridgehead atoms. The largest absolute Gasteiger partial charge is 0.496 e. The fraction of sp³-hybridized carbons (Fsp3) is 0.636. The molecule has 1 fully saturated rings. The molecule has 30 heavy (non-hydrogen) atoms. The van der Waals surface area contributed by atoms with Crippen molar-refractivity contribution < 1.29 is 9.53 Å². The third-order valence-electron chi connectivity index (χ3n) is 5.41. The van der Waals surface area contributed by atoms with Crippen molar-refractivity contribution in [3.05, 3.63) is 29.3 Å². The average molecular weight is 531 g/mol. The topological polar surface area (TPSA) is 69.2 Å². The molecule has 2 N–H and O–H groups in total. The second kappa shape index (κ2) is 13.7. The van der Waals surface area contributed by atoms with E-state index in [1.807, 2.05) is 21.0 Å². The monoisotopic (exact) mass is 531 g/mol. The summed E-state index contributed by atoms with van der Waals surface area (Å²) in [6.07, 6.45) is 3.95. The van der Waals surface area contributed by atoms with Crippen LogP contribution in [0.1, 0.15) is 30.4 Å². The SMILES string of the molecule is CN=C(NCCCN1CCCC1C(=O)N(C)C)NCCc1ccc(C)c(OC)c1.I. The smallest absolute Gasteiger partial charge is 0.239 e. The van der Waals surface area contributed by atoms with E-state index < -0.39 is 0 Å². The van der Waals surface area contributed by atoms with E-state index in [1.165, 1.54) is 5.56 Å². The lowest BCUT2D eigenvalue weighted by Gasteiger charge is -2.26. The molecule has 1 aliphatic heterocycles. The molecule has 0 saturated carbocycles. The van der Waals surface area contributed by atoms with Crippen LogP contribution < -0.4 is 15.4 Å². The summed E-state index contributed by atoms with van der Waals surface area (Å²) in [6.45, 7) is 5.62. The number of nitrogens with one attached hydrogen (secondary N) is 2. The summed E-state index contributed by atoms with van der Waals surface area (Å²) >= 11 is 0. The highest BCUT2D eigenvalue weighted by atomic mass is 127. The molecule has 0 aliphatic carbocycles. The Labute approximate surface area is 198 Å². The third kappa shape index (κ3) is 7.94. The zero-order valence-corrected chi connectivity index (χ0v) is 21.4. The summed E-state index contributed by atoms with van der Waals surface area (Å²) < 4.78 is 5.39. The van der Waals surface area contributed by atoms with Gasteiger partial charge in [0.05, 0.1) is 13.2 Å². The quantitative estimate of drug-likeness (QED) is 0.222. The van der Waals surface area contributed by atoms with Crippen LogP contribution in [0.4, 0.5) is 0 Å². The van der Waals surface area contributed by atoms with Gasteiger partial charge in [-0.2, -0.15) is 0 Å². The molecule has 1 aromatic rings. The van der Waals surface area contributed by atoms with Crippen LogP contribution >= 0.6 is 24.0 Å². The van der Waals surface area contributed by atoms with Crippen molar-refractivity contribution in [2.45, 2.75) is 38.6 Å². The molecule has 1 amide bonds. The van der Waals surface area contributed by atoms with Crippen LogP contribution in [0.3, 0.4) is 0 Å². The Balaban J connectivity index is 0.00000450. The molecule has 1 aliphatic rings. The van der Waals surface area contributed by atoms with Crippen molar-refractivity contribution in [1.29, 1.82) is 0 Å². The summed E-state index contributed by atoms with van der Waals surface area (Å²) in [6, 6.07) is 6.37. The second-order valence-electron chi connectivity index (χ2n) is 7.76. The number of hydrogen-bond donors (Lipinski definition) is 2. The maximum atomic E-state index is 12.3. The highest BCUT2D eigenvalue weighted by Crippen LogP contribution is 2.19. The Morgan fingerprint density at radius 1 is 1.30 bits per heavy atom. The standard InChI is InChI=1S/C22H37N5O2.HI/c1-17-9-10-18(16-20(17)29-5)11-13-25-22(23-2)24-12-7-15-27-14-6-8-19(27)21(28)26(3)4;/h9-10,16,19H,6-8,11-15H2,1-5H3,(H2,23,24,25);1H. The number of guanidine groups is 1. The molecular weight excluding hydrogens is 493 g/mol. The van der Waals surface area contributed by atoms with E-state index in [9.17, 15) is 4.79 Å². The molecular formula is C22H38IN5O2. The summed E-state index contributed by atoms with van der Waals surface area (Å²) in [5, 5.41) is 6.73. The molecule has 1 aromatic carbocycles. The number of aliphatic imine (C=N–C) groups is 1. The number of halogens is 1. The number of nitrogens with zero attached hydrogens (tertiary/aromatic N) is 3. The Morgan fingerprint density at radius 3 is 2.70 bits per heavy atom. The molecule has 1 unspecified atom stereocenters. The lowest BCUT2D eigenvalue weighted by atomic mass is 10.1. The van der Waals surface area contributed by atoms with Gasteiger partial charge in [-0.1, -0.05) is 12.1 Å². The van der Waals surface area contributed by atoms with Gasteiger partial charge in [-0.25, -0.2) is 0 Å². The van der Waals surface area contributed by atoms with E-state index in [0.29, 0.717) is 0 Å². The van der Waals surface area contributed by atoms with Crippen LogP contribution in [-0.2, 0) is 11.2 Å². The Hall–Kier alpha value is -1.55. The van der Waals surface area contributed by atoms with Crippen molar-refractivity contribution in [2.75, 3.05) is 54.4 Å². The first-order chi connectivity index (χ1) is 14.0. The van der Waals surface area contributed by atoms with Gasteiger partial charge in [0.2, 0.25) is 5.91 Å². The molecule has 7 nitrogen and oxygen atoms in total. The first kappa shape index (κ1) is 26.5. The van der Waals surface area contributed by atoms with Crippen LogP contribution in [-0.4, -0.2) is 82.1 Å². The van der Waals surface area contributed by atoms with Gasteiger partial charge < -0.3 is 20.3 Å². The van der Waals surface area contributed by atoms with Gasteiger partial charge in [-0.15, -0.1) is 24.0 Å². The molecule has 0 radical (unpaired) electrons. The van der Waals surface area contributed by atoms with Crippen molar-refractivity contribution in [3.8, 4) is 5.75 Å². The Morgan fingerprint density at radius 2 is 2.03 bits per heavy atom. The normalized spacial score (nSPS) is 16.7. The minimum atomic E-state index is 0. The fourth-order valence-electron chi connectivity index (χ4n) is 3.73. The third-order valence-corrected chi connectivity index (χ3v) is 5.41. The van der Waals surface area contributed by atoms with E-state index in [1.54, 1.807) is 19.1 Å². The zero-order valence-electron chi connectivity index (χ0n) is 19.0. The number of hydrogen-bond acceptors (Lipinski definition) is 4. The lowest BCUT2D eigenvalue weighted by Crippen LogP contribution is -2.44. The van der Waals surface area contributed by atoms with Crippen molar-refractivity contribution in [1.82, 2.24) is 20.4 Å². The van der Waals surface area contributed by atoms with Crippen LogP contribution in [0.2, 0.25) is 0 Å². The van der Waals surface area contributed by atoms with Crippen LogP contribution in [0.15, 0.2) is 23.2 Å². The van der Waals surface area contributed by atoms with Gasteiger partial charge in [-0.05, 0) is 56.3 Å². The van der Waals surface area contributed by atoms with Crippen LogP contribution in [0.25, 0.3) is 0 Å². The minimum absolute atomic E-state index is 0. The van der Waals surface area contributed by atoms with Gasteiger partial charge in [0.15, 0.2) is 5.96 Å². The summed E-state index contributed by atoms with van der Waals surface area (Å²) in [5.41, 5.74) is 2.38. The van der Waals surface area contributed by atoms with Crippen LogP contribution in [0, 0.1) is 6.92 Å². The van der Waals surface area contributed by atoms with Gasteiger partial charge in [-0.3, -0.25) is 14.7 Å². The first-order valence-electron chi connectivity index (χ1n) is 10.5. The number of amides is 1. The number of benzene rings is 1. The second-order valence-corrected chi connectivity index (χ2v) is 7.76. The summed E-state index contributed by atoms with van der Waals surface area (Å²) in [5.74, 6) is 1.96. The number of carbonyl (C=O) groups excluding carboxylic acids is 1. The fourth-order valence-corrected chi connectivity index (χ4v) is 3.73. The molecule has 8 heteroatoms. The average Bonchev–Trinajstić information content (AvgIpc) is 3.18. The number of carbonyl (C=O) groups is 1. The van der Waals surface area contributed by atoms with E-state index in [0.717, 1.165) is 69.1 Å². The van der Waals surface area contributed by atoms with E-state index in [2.05, 4.69) is 38.7 Å². The van der Waals surface area contributed by atoms with Gasteiger partial charge in [0, 0.05) is 40.8 Å². The minimum Gasteiger partial charge on any atom is -0.496 e. The molecule has 170 valence electrons. The molecule has 2 rings (SSSR count). The summed E-state index contributed by atoms with van der Waals surface area (Å²) in [7, 11) is 7.17. The highest BCUT2D eigenvalue weighted by Gasteiger charge is 2.30. The lowest BCUT2D eigenvalue weighted by molar-refractivity contribution is -0.133. The molecule has 0 aromatic heterocycles. The first-order valence-corrected chi connectivity index (χ1v) is 10.5. The Kier molecular flexibility index (Phi) is 12.1. The van der Waals surface area contributed by atoms with E-state index in [4.69, 9.17) is 4.74 Å². The molecule has 1 atom stereocenters. The predicted molar refractivity (Wildman–Crippen MR) is 134 cm³/mol. The van der Waals surface area contributed by atoms with E-state index in [-0.39, 0.29) is 35.9 Å². The van der Waals surface area contributed by atoms with Crippen molar-refractivity contribution in [3.63, 3.8) is 0 Å². The number of likely N-dealkylation sites (tertiary alicyclic amines) is 1. The maximum Gasteiger partial charge on any atom is 0.239 e. The number of aryl methyl sites for hydroxylation is 1. The van der Waals surface area contributed by atoms with E-state index >= 15 is 0 Å². The van der Waals surface area contributed by atoms with Crippen LogP contribution in [0.5, 0.6) is 5.75 Å². The van der Waals surface area contributed by atoms with Gasteiger partial charge in [0.25, 0.3) is 0 Å². The number of likely N-dealkylation sites (N-methyl/N-ethyl adjacent to an activating group) is 1. The molecule has 1 saturated heterocycles.